The van der Waals surface area contributed by atoms with Crippen LogP contribution in [0.15, 0.2) is 18.2 Å². The van der Waals surface area contributed by atoms with Crippen LogP contribution in [0.1, 0.15) is 40.5 Å². The zero-order valence-corrected chi connectivity index (χ0v) is 14.5. The number of hydrogen-bond acceptors (Lipinski definition) is 4. The van der Waals surface area contributed by atoms with Crippen molar-refractivity contribution in [1.82, 2.24) is 0 Å². The Hall–Kier alpha value is -1.20. The number of anilines is 1. The van der Waals surface area contributed by atoms with Crippen molar-refractivity contribution in [2.24, 2.45) is 0 Å². The van der Waals surface area contributed by atoms with Crippen LogP contribution in [0.2, 0.25) is 0 Å². The molecule has 1 aromatic carbocycles. The van der Waals surface area contributed by atoms with Crippen molar-refractivity contribution in [2.45, 2.75) is 57.8 Å². The number of ether oxygens (including phenoxy) is 1. The molecule has 1 saturated heterocycles. The highest BCUT2D eigenvalue weighted by atomic mass is 16.7. The molecule has 2 aliphatic rings. The lowest BCUT2D eigenvalue weighted by Crippen LogP contribution is -2.41. The summed E-state index contributed by atoms with van der Waals surface area (Å²) >= 11 is 0. The SMILES string of the molecule is CN(C)c1cc(B2OC(C)(C)C(C)(C)O2)ccc1OC1CC1. The minimum absolute atomic E-state index is 0.320. The van der Waals surface area contributed by atoms with Gasteiger partial charge in [0.1, 0.15) is 5.75 Å². The number of benzene rings is 1. The van der Waals surface area contributed by atoms with E-state index in [4.69, 9.17) is 14.0 Å². The van der Waals surface area contributed by atoms with E-state index in [-0.39, 0.29) is 18.3 Å². The lowest BCUT2D eigenvalue weighted by atomic mass is 9.79. The Balaban J connectivity index is 1.87. The van der Waals surface area contributed by atoms with Crippen molar-refractivity contribution in [3.8, 4) is 5.75 Å². The van der Waals surface area contributed by atoms with Gasteiger partial charge < -0.3 is 18.9 Å². The van der Waals surface area contributed by atoms with Gasteiger partial charge >= 0.3 is 7.12 Å². The summed E-state index contributed by atoms with van der Waals surface area (Å²) in [5.74, 6) is 0.938. The fourth-order valence-electron chi connectivity index (χ4n) is 2.47. The molecule has 0 unspecified atom stereocenters. The van der Waals surface area contributed by atoms with Crippen molar-refractivity contribution in [1.29, 1.82) is 0 Å². The molecular weight excluding hydrogens is 277 g/mol. The fourth-order valence-corrected chi connectivity index (χ4v) is 2.47. The molecule has 1 aliphatic heterocycles. The van der Waals surface area contributed by atoms with Gasteiger partial charge in [0.25, 0.3) is 0 Å². The van der Waals surface area contributed by atoms with Crippen LogP contribution in [0, 0.1) is 0 Å². The molecule has 0 aromatic heterocycles. The maximum absolute atomic E-state index is 6.14. The average Bonchev–Trinajstić information content (AvgIpc) is 3.17. The van der Waals surface area contributed by atoms with Crippen molar-refractivity contribution < 1.29 is 14.0 Å². The molecule has 1 aromatic rings. The minimum atomic E-state index is -0.335. The van der Waals surface area contributed by atoms with E-state index in [1.165, 1.54) is 0 Å². The molecule has 120 valence electrons. The van der Waals surface area contributed by atoms with Gasteiger partial charge in [-0.25, -0.2) is 0 Å². The molecule has 4 nitrogen and oxygen atoms in total. The maximum Gasteiger partial charge on any atom is 0.494 e. The summed E-state index contributed by atoms with van der Waals surface area (Å²) in [4.78, 5) is 2.08. The standard InChI is InChI=1S/C17H26BNO3/c1-16(2)17(3,4)22-18(21-16)12-7-10-15(20-13-8-9-13)14(11-12)19(5)6/h7,10-11,13H,8-9H2,1-6H3. The number of rotatable bonds is 4. The van der Waals surface area contributed by atoms with E-state index in [0.29, 0.717) is 6.10 Å². The van der Waals surface area contributed by atoms with E-state index in [1.807, 2.05) is 26.2 Å². The molecule has 5 heteroatoms. The van der Waals surface area contributed by atoms with Crippen LogP contribution in [-0.2, 0) is 9.31 Å². The van der Waals surface area contributed by atoms with Gasteiger partial charge in [0, 0.05) is 14.1 Å². The van der Waals surface area contributed by atoms with Crippen LogP contribution in [0.5, 0.6) is 5.75 Å². The van der Waals surface area contributed by atoms with Gasteiger partial charge in [-0.15, -0.1) is 0 Å². The van der Waals surface area contributed by atoms with Gasteiger partial charge in [0.2, 0.25) is 0 Å². The third kappa shape index (κ3) is 2.84. The zero-order valence-electron chi connectivity index (χ0n) is 14.5. The van der Waals surface area contributed by atoms with Crippen LogP contribution in [0.4, 0.5) is 5.69 Å². The predicted molar refractivity (Wildman–Crippen MR) is 90.1 cm³/mol. The molecule has 1 heterocycles. The molecule has 0 N–H and O–H groups in total. The third-order valence-corrected chi connectivity index (χ3v) is 4.81. The normalized spacial score (nSPS) is 22.7. The van der Waals surface area contributed by atoms with Crippen molar-refractivity contribution in [3.05, 3.63) is 18.2 Å². The van der Waals surface area contributed by atoms with E-state index >= 15 is 0 Å². The minimum Gasteiger partial charge on any atom is -0.488 e. The first-order valence-corrected chi connectivity index (χ1v) is 8.03. The molecule has 0 bridgehead atoms. The second kappa shape index (κ2) is 5.17. The summed E-state index contributed by atoms with van der Waals surface area (Å²) in [6.45, 7) is 8.30. The summed E-state index contributed by atoms with van der Waals surface area (Å²) < 4.78 is 18.3. The average molecular weight is 303 g/mol. The van der Waals surface area contributed by atoms with Gasteiger partial charge in [-0.05, 0) is 58.1 Å². The second-order valence-electron chi connectivity index (χ2n) is 7.53. The first-order chi connectivity index (χ1) is 10.2. The molecule has 0 spiro atoms. The summed E-state index contributed by atoms with van der Waals surface area (Å²) in [7, 11) is 3.73. The van der Waals surface area contributed by atoms with Gasteiger partial charge in [-0.2, -0.15) is 0 Å². The molecule has 1 saturated carbocycles. The molecule has 2 fully saturated rings. The Morgan fingerprint density at radius 3 is 2.18 bits per heavy atom. The first-order valence-electron chi connectivity index (χ1n) is 8.03. The lowest BCUT2D eigenvalue weighted by Gasteiger charge is -2.32. The predicted octanol–water partition coefficient (Wildman–Crippen LogP) is 2.59. The molecule has 22 heavy (non-hydrogen) atoms. The zero-order chi connectivity index (χ0) is 16.1. The van der Waals surface area contributed by atoms with Crippen LogP contribution >= 0.6 is 0 Å². The Kier molecular flexibility index (Phi) is 3.69. The highest BCUT2D eigenvalue weighted by molar-refractivity contribution is 6.62. The summed E-state index contributed by atoms with van der Waals surface area (Å²) in [6, 6.07) is 6.20. The van der Waals surface area contributed by atoms with Crippen LogP contribution < -0.4 is 15.1 Å². The highest BCUT2D eigenvalue weighted by Gasteiger charge is 2.51. The highest BCUT2D eigenvalue weighted by Crippen LogP contribution is 2.38. The maximum atomic E-state index is 6.14. The first kappa shape index (κ1) is 15.7. The van der Waals surface area contributed by atoms with Crippen LogP contribution in [0.3, 0.4) is 0 Å². The summed E-state index contributed by atoms with van der Waals surface area (Å²) in [5, 5.41) is 0. The smallest absolute Gasteiger partial charge is 0.488 e. The monoisotopic (exact) mass is 303 g/mol. The van der Waals surface area contributed by atoms with E-state index in [0.717, 1.165) is 29.7 Å². The van der Waals surface area contributed by atoms with Gasteiger partial charge in [-0.1, -0.05) is 6.07 Å². The number of hydrogen-bond donors (Lipinski definition) is 0. The molecular formula is C17H26BNO3. The van der Waals surface area contributed by atoms with Crippen molar-refractivity contribution in [2.75, 3.05) is 19.0 Å². The van der Waals surface area contributed by atoms with E-state index in [9.17, 15) is 0 Å². The topological polar surface area (TPSA) is 30.9 Å². The quantitative estimate of drug-likeness (QED) is 0.800. The fraction of sp³-hybridized carbons (Fsp3) is 0.647. The molecule has 0 amide bonds. The van der Waals surface area contributed by atoms with E-state index < -0.39 is 0 Å². The summed E-state index contributed by atoms with van der Waals surface area (Å²) in [6.07, 6.45) is 2.71. The van der Waals surface area contributed by atoms with E-state index in [1.54, 1.807) is 0 Å². The number of nitrogens with zero attached hydrogens (tertiary/aromatic N) is 1. The second-order valence-corrected chi connectivity index (χ2v) is 7.53. The van der Waals surface area contributed by atoms with E-state index in [2.05, 4.69) is 38.7 Å². The third-order valence-electron chi connectivity index (χ3n) is 4.81. The van der Waals surface area contributed by atoms with Gasteiger partial charge in [0.05, 0.1) is 23.0 Å². The van der Waals surface area contributed by atoms with Gasteiger partial charge in [-0.3, -0.25) is 0 Å². The molecule has 1 aliphatic carbocycles. The Morgan fingerprint density at radius 2 is 1.68 bits per heavy atom. The lowest BCUT2D eigenvalue weighted by molar-refractivity contribution is 0.00578. The molecule has 0 radical (unpaired) electrons. The Labute approximate surface area is 133 Å². The largest absolute Gasteiger partial charge is 0.494 e. The van der Waals surface area contributed by atoms with Crippen LogP contribution in [-0.4, -0.2) is 38.5 Å². The van der Waals surface area contributed by atoms with Gasteiger partial charge in [0.15, 0.2) is 0 Å². The van der Waals surface area contributed by atoms with Crippen LogP contribution in [0.25, 0.3) is 0 Å². The van der Waals surface area contributed by atoms with Crippen molar-refractivity contribution in [3.63, 3.8) is 0 Å². The summed E-state index contributed by atoms with van der Waals surface area (Å²) in [5.41, 5.74) is 1.46. The molecule has 0 atom stereocenters. The van der Waals surface area contributed by atoms with Crippen molar-refractivity contribution >= 4 is 18.3 Å². The Bertz CT molecular complexity index is 551. The molecule has 3 rings (SSSR count). The Morgan fingerprint density at radius 1 is 1.09 bits per heavy atom.